The molecule has 0 radical (unpaired) electrons. The van der Waals surface area contributed by atoms with E-state index < -0.39 is 28.5 Å². The molecule has 1 aliphatic carbocycles. The van der Waals surface area contributed by atoms with Crippen molar-refractivity contribution in [2.24, 2.45) is 5.92 Å². The average molecular weight is 531 g/mol. The van der Waals surface area contributed by atoms with Crippen LogP contribution in [0.15, 0.2) is 47.5 Å². The molecule has 202 valence electrons. The van der Waals surface area contributed by atoms with Crippen LogP contribution in [0.5, 0.6) is 17.2 Å². The first-order valence-corrected chi connectivity index (χ1v) is 12.7. The van der Waals surface area contributed by atoms with Crippen molar-refractivity contribution in [3.05, 3.63) is 70.0 Å². The molecular weight excluding hydrogens is 500 g/mol. The van der Waals surface area contributed by atoms with Gasteiger partial charge < -0.3 is 20.3 Å². The molecule has 0 spiro atoms. The van der Waals surface area contributed by atoms with E-state index >= 15 is 0 Å². The number of carbonyl (C=O) groups is 3. The number of aromatic nitrogens is 3. The molecular formula is C29H30N4O6. The molecule has 2 atom stereocenters. The minimum absolute atomic E-state index is 0.00553. The molecule has 0 amide bonds. The summed E-state index contributed by atoms with van der Waals surface area (Å²) in [5.74, 6) is -1.66. The Morgan fingerprint density at radius 1 is 1.15 bits per heavy atom. The Labute approximate surface area is 225 Å². The Balaban J connectivity index is 1.63. The van der Waals surface area contributed by atoms with E-state index in [0.29, 0.717) is 23.6 Å². The van der Waals surface area contributed by atoms with Crippen LogP contribution in [0.4, 0.5) is 0 Å². The van der Waals surface area contributed by atoms with Gasteiger partial charge in [0.2, 0.25) is 0 Å². The molecule has 3 aromatic rings. The quantitative estimate of drug-likeness (QED) is 0.245. The molecule has 1 aromatic carbocycles. The van der Waals surface area contributed by atoms with Crippen molar-refractivity contribution in [3.8, 4) is 17.2 Å². The molecule has 39 heavy (non-hydrogen) atoms. The predicted molar refractivity (Wildman–Crippen MR) is 142 cm³/mol. The number of allylic oxidation sites excluding steroid dienone is 4. The predicted octanol–water partition coefficient (Wildman–Crippen LogP) is 3.99. The number of ketones is 3. The van der Waals surface area contributed by atoms with Gasteiger partial charge in [-0.25, -0.2) is 0 Å². The van der Waals surface area contributed by atoms with Crippen molar-refractivity contribution in [1.82, 2.24) is 19.9 Å². The normalized spacial score (nSPS) is 20.4. The Morgan fingerprint density at radius 3 is 2.54 bits per heavy atom. The average Bonchev–Trinajstić information content (AvgIpc) is 3.41. The first-order chi connectivity index (χ1) is 18.4. The highest BCUT2D eigenvalue weighted by Gasteiger charge is 2.56. The Hall–Kier alpha value is -4.47. The molecule has 10 nitrogen and oxygen atoms in total. The second-order valence-electron chi connectivity index (χ2n) is 10.7. The van der Waals surface area contributed by atoms with Crippen molar-refractivity contribution in [1.29, 1.82) is 0 Å². The van der Waals surface area contributed by atoms with Gasteiger partial charge in [0.15, 0.2) is 28.8 Å². The zero-order valence-corrected chi connectivity index (χ0v) is 22.6. The number of nitrogens with one attached hydrogen (secondary N) is 1. The van der Waals surface area contributed by atoms with E-state index in [1.807, 2.05) is 28.8 Å². The van der Waals surface area contributed by atoms with Gasteiger partial charge in [-0.15, -0.1) is 10.2 Å². The molecule has 0 fully saturated rings. The van der Waals surface area contributed by atoms with Gasteiger partial charge in [-0.2, -0.15) is 0 Å². The van der Waals surface area contributed by atoms with Crippen LogP contribution in [0.1, 0.15) is 74.4 Å². The fourth-order valence-corrected chi connectivity index (χ4v) is 5.49. The lowest BCUT2D eigenvalue weighted by Crippen LogP contribution is -2.41. The Bertz CT molecular complexity index is 1650. The molecule has 2 aromatic heterocycles. The van der Waals surface area contributed by atoms with E-state index in [1.54, 1.807) is 13.8 Å². The summed E-state index contributed by atoms with van der Waals surface area (Å²) >= 11 is 0. The smallest absolute Gasteiger partial charge is 0.194 e. The van der Waals surface area contributed by atoms with E-state index in [4.69, 9.17) is 4.74 Å². The second kappa shape index (κ2) is 9.07. The van der Waals surface area contributed by atoms with Crippen LogP contribution in [0.2, 0.25) is 0 Å². The van der Waals surface area contributed by atoms with Gasteiger partial charge in [-0.05, 0) is 52.2 Å². The van der Waals surface area contributed by atoms with Gasteiger partial charge in [0.25, 0.3) is 0 Å². The number of phenols is 2. The van der Waals surface area contributed by atoms with Crippen LogP contribution < -0.4 is 10.1 Å². The van der Waals surface area contributed by atoms with Crippen molar-refractivity contribution < 1.29 is 29.3 Å². The number of hydrogen-bond acceptors (Lipinski definition) is 9. The number of benzene rings is 1. The molecule has 0 bridgehead atoms. The maximum Gasteiger partial charge on any atom is 0.194 e. The largest absolute Gasteiger partial charge is 0.507 e. The molecule has 3 N–H and O–H groups in total. The summed E-state index contributed by atoms with van der Waals surface area (Å²) in [7, 11) is 0. The molecule has 3 heterocycles. The maximum atomic E-state index is 14.1. The van der Waals surface area contributed by atoms with Gasteiger partial charge in [-0.3, -0.25) is 18.8 Å². The molecule has 5 rings (SSSR count). The highest BCUT2D eigenvalue weighted by Crippen LogP contribution is 2.57. The van der Waals surface area contributed by atoms with Gasteiger partial charge >= 0.3 is 0 Å². The summed E-state index contributed by atoms with van der Waals surface area (Å²) in [6.45, 7) is 10.0. The number of carbonyl (C=O) groups excluding carboxylic acids is 3. The SMILES string of the molecule is CC(=O)c1c(O)c(C)c(O)c2c1OC1=CC(=O)/C(=C(/C)NC(CC(C)C)c3nnc4ccccn34)C(=O)[C@@]12C. The first-order valence-electron chi connectivity index (χ1n) is 12.7. The third kappa shape index (κ3) is 3.81. The van der Waals surface area contributed by atoms with Crippen molar-refractivity contribution >= 4 is 23.0 Å². The highest BCUT2D eigenvalue weighted by molar-refractivity contribution is 6.31. The summed E-state index contributed by atoms with van der Waals surface area (Å²) in [5.41, 5.74) is -0.694. The maximum absolute atomic E-state index is 14.1. The fourth-order valence-electron chi connectivity index (χ4n) is 5.49. The number of pyridine rings is 1. The minimum Gasteiger partial charge on any atom is -0.507 e. The third-order valence-corrected chi connectivity index (χ3v) is 7.51. The standard InChI is InChI=1S/C29H30N4O6/c1-13(2)11-17(28-32-31-20-9-7-8-10-33(20)28)30-15(4)21-18(35)12-19-29(6,27(21)38)23-25(37)14(3)24(36)22(16(5)34)26(23)39-19/h7-10,12-13,17,30,36-37H,11H2,1-6H3/b21-15+/t17?,29-/m0/s1. The van der Waals surface area contributed by atoms with Crippen LogP contribution in [0.25, 0.3) is 5.65 Å². The molecule has 1 unspecified atom stereocenters. The van der Waals surface area contributed by atoms with E-state index in [1.165, 1.54) is 19.9 Å². The third-order valence-electron chi connectivity index (χ3n) is 7.51. The summed E-state index contributed by atoms with van der Waals surface area (Å²) in [4.78, 5) is 39.9. The van der Waals surface area contributed by atoms with Gasteiger partial charge in [0.1, 0.15) is 34.0 Å². The van der Waals surface area contributed by atoms with Crippen molar-refractivity contribution in [3.63, 3.8) is 0 Å². The summed E-state index contributed by atoms with van der Waals surface area (Å²) < 4.78 is 7.71. The number of Topliss-reactive ketones (excluding diaryl/α,β-unsaturated/α-hetero) is 2. The van der Waals surface area contributed by atoms with Crippen molar-refractivity contribution in [2.75, 3.05) is 0 Å². The molecule has 1 aliphatic heterocycles. The second-order valence-corrected chi connectivity index (χ2v) is 10.7. The summed E-state index contributed by atoms with van der Waals surface area (Å²) in [5, 5.41) is 33.6. The zero-order valence-electron chi connectivity index (χ0n) is 22.6. The van der Waals surface area contributed by atoms with Crippen LogP contribution in [0, 0.1) is 12.8 Å². The number of aromatic hydroxyl groups is 2. The van der Waals surface area contributed by atoms with Crippen molar-refractivity contribution in [2.45, 2.75) is 59.4 Å². The van der Waals surface area contributed by atoms with E-state index in [9.17, 15) is 24.6 Å². The lowest BCUT2D eigenvalue weighted by molar-refractivity contribution is -0.123. The fraction of sp³-hybridized carbons (Fsp3) is 0.345. The van der Waals surface area contributed by atoms with Gasteiger partial charge in [0.05, 0.1) is 17.2 Å². The van der Waals surface area contributed by atoms with Gasteiger partial charge in [-0.1, -0.05) is 19.9 Å². The zero-order chi connectivity index (χ0) is 28.4. The molecule has 0 saturated heterocycles. The lowest BCUT2D eigenvalue weighted by atomic mass is 9.70. The summed E-state index contributed by atoms with van der Waals surface area (Å²) in [6.07, 6.45) is 3.71. The Morgan fingerprint density at radius 2 is 1.87 bits per heavy atom. The van der Waals surface area contributed by atoms with Crippen LogP contribution in [-0.4, -0.2) is 42.2 Å². The van der Waals surface area contributed by atoms with Crippen LogP contribution >= 0.6 is 0 Å². The van der Waals surface area contributed by atoms with Crippen LogP contribution in [-0.2, 0) is 15.0 Å². The topological polar surface area (TPSA) is 143 Å². The summed E-state index contributed by atoms with van der Waals surface area (Å²) in [6, 6.07) is 5.22. The number of hydrogen-bond donors (Lipinski definition) is 3. The lowest BCUT2D eigenvalue weighted by Gasteiger charge is -2.30. The van der Waals surface area contributed by atoms with E-state index in [0.717, 1.165) is 0 Å². The molecule has 2 aliphatic rings. The molecule has 0 saturated carbocycles. The highest BCUT2D eigenvalue weighted by atomic mass is 16.5. The molecule has 10 heteroatoms. The van der Waals surface area contributed by atoms with E-state index in [2.05, 4.69) is 29.4 Å². The van der Waals surface area contributed by atoms with Crippen LogP contribution in [0.3, 0.4) is 0 Å². The monoisotopic (exact) mass is 530 g/mol. The number of fused-ring (bicyclic) bond motifs is 4. The number of phenolic OH excluding ortho intramolecular Hbond substituents is 2. The van der Waals surface area contributed by atoms with E-state index in [-0.39, 0.29) is 51.5 Å². The minimum atomic E-state index is -1.58. The number of nitrogens with zero attached hydrogens (tertiary/aromatic N) is 3. The van der Waals surface area contributed by atoms with Gasteiger partial charge in [0, 0.05) is 23.5 Å². The number of ether oxygens (including phenoxy) is 1. The Kier molecular flexibility index (Phi) is 6.08. The number of rotatable bonds is 6. The first kappa shape index (κ1) is 26.1.